The van der Waals surface area contributed by atoms with Crippen LogP contribution in [-0.4, -0.2) is 31.7 Å². The molecule has 0 radical (unpaired) electrons. The van der Waals surface area contributed by atoms with Crippen molar-refractivity contribution in [1.82, 2.24) is 9.62 Å². The molecule has 2 aromatic rings. The molecule has 3 rings (SSSR count). The molecule has 5 nitrogen and oxygen atoms in total. The summed E-state index contributed by atoms with van der Waals surface area (Å²) in [7, 11) is -3.39. The Labute approximate surface area is 160 Å². The van der Waals surface area contributed by atoms with Crippen molar-refractivity contribution >= 4 is 22.0 Å². The Hall–Kier alpha value is -2.44. The standard InChI is InChI=1S/C21H24N2O3S/c1-17-4-6-18(7-5-17)10-13-21(24)22-16-19-8-11-20(12-9-19)27(25,26)23-14-2-3-15-23/h4-13H,2-3,14-16H2,1H3,(H,22,24)/b13-10+. The highest BCUT2D eigenvalue weighted by atomic mass is 32.2. The molecule has 1 aliphatic heterocycles. The number of sulfonamides is 1. The van der Waals surface area contributed by atoms with Gasteiger partial charge in [-0.25, -0.2) is 8.42 Å². The summed E-state index contributed by atoms with van der Waals surface area (Å²) in [4.78, 5) is 12.3. The van der Waals surface area contributed by atoms with Crippen molar-refractivity contribution in [2.45, 2.75) is 31.2 Å². The Bertz CT molecular complexity index is 911. The smallest absolute Gasteiger partial charge is 0.244 e. The zero-order valence-corrected chi connectivity index (χ0v) is 16.2. The van der Waals surface area contributed by atoms with E-state index in [1.807, 2.05) is 31.2 Å². The maximum Gasteiger partial charge on any atom is 0.244 e. The van der Waals surface area contributed by atoms with Gasteiger partial charge in [0.25, 0.3) is 0 Å². The minimum Gasteiger partial charge on any atom is -0.348 e. The monoisotopic (exact) mass is 384 g/mol. The van der Waals surface area contributed by atoms with Crippen LogP contribution in [0, 0.1) is 6.92 Å². The van der Waals surface area contributed by atoms with Crippen molar-refractivity contribution in [3.63, 3.8) is 0 Å². The van der Waals surface area contributed by atoms with E-state index in [0.29, 0.717) is 24.5 Å². The molecule has 6 heteroatoms. The van der Waals surface area contributed by atoms with Crippen molar-refractivity contribution in [3.05, 3.63) is 71.3 Å². The fourth-order valence-corrected chi connectivity index (χ4v) is 4.47. The number of nitrogens with one attached hydrogen (secondary N) is 1. The fraction of sp³-hybridized carbons (Fsp3) is 0.286. The van der Waals surface area contributed by atoms with Gasteiger partial charge in [-0.2, -0.15) is 4.31 Å². The van der Waals surface area contributed by atoms with Crippen LogP contribution in [0.25, 0.3) is 6.08 Å². The summed E-state index contributed by atoms with van der Waals surface area (Å²) in [5.41, 5.74) is 2.99. The van der Waals surface area contributed by atoms with E-state index in [1.165, 1.54) is 15.9 Å². The molecule has 1 aliphatic rings. The lowest BCUT2D eigenvalue weighted by molar-refractivity contribution is -0.116. The third-order valence-corrected chi connectivity index (χ3v) is 6.51. The number of hydrogen-bond donors (Lipinski definition) is 1. The number of benzene rings is 2. The van der Waals surface area contributed by atoms with Crippen molar-refractivity contribution in [3.8, 4) is 0 Å². The molecule has 0 aromatic heterocycles. The lowest BCUT2D eigenvalue weighted by atomic mass is 10.1. The number of aryl methyl sites for hydroxylation is 1. The second kappa shape index (κ2) is 8.50. The van der Waals surface area contributed by atoms with Crippen LogP contribution in [0.4, 0.5) is 0 Å². The summed E-state index contributed by atoms with van der Waals surface area (Å²) in [6.45, 7) is 3.55. The topological polar surface area (TPSA) is 66.5 Å². The molecule has 142 valence electrons. The number of carbonyl (C=O) groups excluding carboxylic acids is 1. The number of carbonyl (C=O) groups is 1. The Morgan fingerprint density at radius 1 is 1.04 bits per heavy atom. The SMILES string of the molecule is Cc1ccc(/C=C/C(=O)NCc2ccc(S(=O)(=O)N3CCCC3)cc2)cc1. The second-order valence-electron chi connectivity index (χ2n) is 6.72. The van der Waals surface area contributed by atoms with Crippen molar-refractivity contribution in [1.29, 1.82) is 0 Å². The molecule has 0 atom stereocenters. The third-order valence-electron chi connectivity index (χ3n) is 4.60. The first kappa shape index (κ1) is 19.3. The maximum atomic E-state index is 12.5. The van der Waals surface area contributed by atoms with Gasteiger partial charge in [0.05, 0.1) is 4.90 Å². The molecule has 0 unspecified atom stereocenters. The van der Waals surface area contributed by atoms with Gasteiger partial charge in [0.1, 0.15) is 0 Å². The van der Waals surface area contributed by atoms with Gasteiger partial charge in [-0.15, -0.1) is 0 Å². The quantitative estimate of drug-likeness (QED) is 0.778. The Morgan fingerprint density at radius 2 is 1.67 bits per heavy atom. The number of hydrogen-bond acceptors (Lipinski definition) is 3. The normalized spacial score (nSPS) is 15.3. The summed E-state index contributed by atoms with van der Waals surface area (Å²) < 4.78 is 26.5. The molecule has 1 amide bonds. The Morgan fingerprint density at radius 3 is 2.30 bits per heavy atom. The Kier molecular flexibility index (Phi) is 6.08. The molecule has 1 heterocycles. The summed E-state index contributed by atoms with van der Waals surface area (Å²) in [6, 6.07) is 14.6. The van der Waals surface area contributed by atoms with Gasteiger partial charge in [0.15, 0.2) is 0 Å². The maximum absolute atomic E-state index is 12.5. The average molecular weight is 385 g/mol. The first-order valence-corrected chi connectivity index (χ1v) is 10.5. The lowest BCUT2D eigenvalue weighted by Gasteiger charge is -2.15. The summed E-state index contributed by atoms with van der Waals surface area (Å²) in [5.74, 6) is -0.190. The van der Waals surface area contributed by atoms with Gasteiger partial charge >= 0.3 is 0 Å². The van der Waals surface area contributed by atoms with E-state index in [9.17, 15) is 13.2 Å². The fourth-order valence-electron chi connectivity index (χ4n) is 2.95. The van der Waals surface area contributed by atoms with Crippen LogP contribution in [0.15, 0.2) is 59.5 Å². The van der Waals surface area contributed by atoms with Crippen LogP contribution in [0.3, 0.4) is 0 Å². The third kappa shape index (κ3) is 5.05. The summed E-state index contributed by atoms with van der Waals surface area (Å²) >= 11 is 0. The first-order valence-electron chi connectivity index (χ1n) is 9.07. The molecule has 1 saturated heterocycles. The zero-order chi connectivity index (χ0) is 19.3. The van der Waals surface area contributed by atoms with E-state index in [-0.39, 0.29) is 5.91 Å². The highest BCUT2D eigenvalue weighted by molar-refractivity contribution is 7.89. The highest BCUT2D eigenvalue weighted by Gasteiger charge is 2.26. The molecule has 0 saturated carbocycles. The van der Waals surface area contributed by atoms with Gasteiger partial charge in [-0.3, -0.25) is 4.79 Å². The van der Waals surface area contributed by atoms with E-state index in [1.54, 1.807) is 30.3 Å². The van der Waals surface area contributed by atoms with E-state index in [4.69, 9.17) is 0 Å². The number of nitrogens with zero attached hydrogens (tertiary/aromatic N) is 1. The van der Waals surface area contributed by atoms with Gasteiger partial charge in [0.2, 0.25) is 15.9 Å². The molecule has 1 fully saturated rings. The summed E-state index contributed by atoms with van der Waals surface area (Å²) in [5, 5.41) is 2.81. The molecular weight excluding hydrogens is 360 g/mol. The highest BCUT2D eigenvalue weighted by Crippen LogP contribution is 2.21. The van der Waals surface area contributed by atoms with Crippen molar-refractivity contribution in [2.24, 2.45) is 0 Å². The minimum absolute atomic E-state index is 0.190. The molecule has 0 spiro atoms. The van der Waals surface area contributed by atoms with E-state index in [2.05, 4.69) is 5.32 Å². The largest absolute Gasteiger partial charge is 0.348 e. The van der Waals surface area contributed by atoms with Crippen molar-refractivity contribution in [2.75, 3.05) is 13.1 Å². The zero-order valence-electron chi connectivity index (χ0n) is 15.4. The van der Waals surface area contributed by atoms with Crippen LogP contribution in [0.5, 0.6) is 0 Å². The van der Waals surface area contributed by atoms with Crippen LogP contribution >= 0.6 is 0 Å². The van der Waals surface area contributed by atoms with Gasteiger partial charge < -0.3 is 5.32 Å². The van der Waals surface area contributed by atoms with Gasteiger partial charge in [-0.1, -0.05) is 42.0 Å². The van der Waals surface area contributed by atoms with Gasteiger partial charge in [0, 0.05) is 25.7 Å². The predicted octanol–water partition coefficient (Wildman–Crippen LogP) is 3.11. The average Bonchev–Trinajstić information content (AvgIpc) is 3.22. The van der Waals surface area contributed by atoms with E-state index >= 15 is 0 Å². The Balaban J connectivity index is 1.55. The molecular formula is C21H24N2O3S. The molecule has 0 aliphatic carbocycles. The second-order valence-corrected chi connectivity index (χ2v) is 8.65. The van der Waals surface area contributed by atoms with Crippen LogP contribution < -0.4 is 5.32 Å². The number of rotatable bonds is 6. The molecule has 0 bridgehead atoms. The first-order chi connectivity index (χ1) is 12.9. The van der Waals surface area contributed by atoms with Gasteiger partial charge in [-0.05, 0) is 49.1 Å². The minimum atomic E-state index is -3.39. The van der Waals surface area contributed by atoms with Crippen LogP contribution in [0.2, 0.25) is 0 Å². The van der Waals surface area contributed by atoms with E-state index in [0.717, 1.165) is 24.0 Å². The van der Waals surface area contributed by atoms with E-state index < -0.39 is 10.0 Å². The molecule has 1 N–H and O–H groups in total. The van der Waals surface area contributed by atoms with Crippen LogP contribution in [-0.2, 0) is 21.4 Å². The van der Waals surface area contributed by atoms with Crippen molar-refractivity contribution < 1.29 is 13.2 Å². The predicted molar refractivity (Wildman–Crippen MR) is 106 cm³/mol. The van der Waals surface area contributed by atoms with Crippen LogP contribution in [0.1, 0.15) is 29.5 Å². The molecule has 27 heavy (non-hydrogen) atoms. The lowest BCUT2D eigenvalue weighted by Crippen LogP contribution is -2.27. The molecule has 2 aromatic carbocycles. The summed E-state index contributed by atoms with van der Waals surface area (Å²) in [6.07, 6.45) is 5.09. The number of amides is 1.